The molecule has 2 unspecified atom stereocenters. The van der Waals surface area contributed by atoms with Gasteiger partial charge in [-0.15, -0.1) is 0 Å². The Morgan fingerprint density at radius 2 is 1.38 bits per heavy atom. The monoisotopic (exact) mass is 254 g/mol. The first-order chi connectivity index (χ1) is 7.69. The Hall–Kier alpha value is -1.00. The summed E-state index contributed by atoms with van der Waals surface area (Å²) >= 11 is 0. The van der Waals surface area contributed by atoms with Crippen molar-refractivity contribution in [3.63, 3.8) is 0 Å². The van der Waals surface area contributed by atoms with Gasteiger partial charge in [-0.2, -0.15) is 0 Å². The molecule has 0 aromatic heterocycles. The van der Waals surface area contributed by atoms with Gasteiger partial charge in [0.15, 0.2) is 0 Å². The third-order valence-electron chi connectivity index (χ3n) is 1.79. The number of rotatable bonds is 4. The summed E-state index contributed by atoms with van der Waals surface area (Å²) in [6.45, 7) is 3.64. The van der Waals surface area contributed by atoms with Crippen molar-refractivity contribution in [2.75, 3.05) is 0 Å². The maximum Gasteiger partial charge on any atom is 0.0773 e. The van der Waals surface area contributed by atoms with E-state index in [9.17, 15) is 8.42 Å². The highest BCUT2D eigenvalue weighted by atomic mass is 32.2. The SMILES string of the molecule is CC=CS(=O)c1cccc(S(=O)C=CC)c1. The topological polar surface area (TPSA) is 34.1 Å². The molecule has 2 atom stereocenters. The second kappa shape index (κ2) is 6.55. The van der Waals surface area contributed by atoms with Crippen molar-refractivity contribution in [3.8, 4) is 0 Å². The van der Waals surface area contributed by atoms with Gasteiger partial charge in [-0.1, -0.05) is 18.2 Å². The Labute approximate surface area is 101 Å². The molecule has 0 radical (unpaired) electrons. The molecule has 0 aliphatic rings. The average Bonchev–Trinajstić information content (AvgIpc) is 2.30. The molecule has 1 rings (SSSR count). The normalized spacial score (nSPS) is 15.6. The van der Waals surface area contributed by atoms with E-state index in [1.54, 1.807) is 47.2 Å². The third kappa shape index (κ3) is 3.54. The van der Waals surface area contributed by atoms with Crippen molar-refractivity contribution in [1.82, 2.24) is 0 Å². The molecule has 86 valence electrons. The molecule has 4 heteroatoms. The summed E-state index contributed by atoms with van der Waals surface area (Å²) in [7, 11) is -2.31. The molecule has 0 saturated carbocycles. The molecule has 0 N–H and O–H groups in total. The van der Waals surface area contributed by atoms with E-state index in [1.807, 2.05) is 13.8 Å². The zero-order valence-corrected chi connectivity index (χ0v) is 10.9. The summed E-state index contributed by atoms with van der Waals surface area (Å²) in [5.41, 5.74) is 0. The summed E-state index contributed by atoms with van der Waals surface area (Å²) in [4.78, 5) is 1.35. The molecule has 16 heavy (non-hydrogen) atoms. The van der Waals surface area contributed by atoms with Crippen LogP contribution in [0.2, 0.25) is 0 Å². The highest BCUT2D eigenvalue weighted by molar-refractivity contribution is 7.88. The lowest BCUT2D eigenvalue weighted by Crippen LogP contribution is -1.91. The van der Waals surface area contributed by atoms with Gasteiger partial charge in [0, 0.05) is 20.6 Å². The molecular weight excluding hydrogens is 240 g/mol. The Bertz CT molecular complexity index is 423. The number of allylic oxidation sites excluding steroid dienone is 2. The van der Waals surface area contributed by atoms with Crippen LogP contribution in [-0.4, -0.2) is 8.42 Å². The zero-order valence-electron chi connectivity index (χ0n) is 9.25. The molecule has 0 spiro atoms. The van der Waals surface area contributed by atoms with Crippen LogP contribution >= 0.6 is 0 Å². The minimum absolute atomic E-state index is 0.674. The fourth-order valence-corrected chi connectivity index (χ4v) is 2.92. The molecule has 0 fully saturated rings. The first-order valence-electron chi connectivity index (χ1n) is 4.86. The lowest BCUT2D eigenvalue weighted by Gasteiger charge is -2.00. The van der Waals surface area contributed by atoms with Crippen LogP contribution in [0.3, 0.4) is 0 Å². The van der Waals surface area contributed by atoms with Gasteiger partial charge in [0.25, 0.3) is 0 Å². The van der Waals surface area contributed by atoms with E-state index in [-0.39, 0.29) is 0 Å². The fraction of sp³-hybridized carbons (Fsp3) is 0.167. The summed E-state index contributed by atoms with van der Waals surface area (Å²) in [6, 6.07) is 7.03. The minimum atomic E-state index is -1.15. The van der Waals surface area contributed by atoms with Crippen molar-refractivity contribution in [3.05, 3.63) is 47.2 Å². The lowest BCUT2D eigenvalue weighted by molar-refractivity contribution is 0.687. The summed E-state index contributed by atoms with van der Waals surface area (Å²) < 4.78 is 23.4. The van der Waals surface area contributed by atoms with Gasteiger partial charge in [-0.3, -0.25) is 0 Å². The second-order valence-electron chi connectivity index (χ2n) is 3.01. The van der Waals surface area contributed by atoms with Gasteiger partial charge >= 0.3 is 0 Å². The quantitative estimate of drug-likeness (QED) is 0.828. The summed E-state index contributed by atoms with van der Waals surface area (Å²) in [6.07, 6.45) is 3.48. The maximum absolute atomic E-state index is 11.7. The molecule has 0 aliphatic heterocycles. The molecule has 2 nitrogen and oxygen atoms in total. The van der Waals surface area contributed by atoms with Gasteiger partial charge in [0.05, 0.1) is 21.6 Å². The van der Waals surface area contributed by atoms with Gasteiger partial charge in [-0.25, -0.2) is 8.42 Å². The first-order valence-corrected chi connectivity index (χ1v) is 7.28. The van der Waals surface area contributed by atoms with Gasteiger partial charge < -0.3 is 0 Å². The Morgan fingerprint density at radius 3 is 1.75 bits per heavy atom. The standard InChI is InChI=1S/C12H14O2S2/c1-3-8-15(13)11-6-5-7-12(10-11)16(14)9-4-2/h3-10H,1-2H3. The van der Waals surface area contributed by atoms with E-state index in [2.05, 4.69) is 0 Å². The van der Waals surface area contributed by atoms with Crippen LogP contribution < -0.4 is 0 Å². The molecule has 0 bridgehead atoms. The maximum atomic E-state index is 11.7. The van der Waals surface area contributed by atoms with Crippen molar-refractivity contribution in [2.24, 2.45) is 0 Å². The van der Waals surface area contributed by atoms with E-state index in [4.69, 9.17) is 0 Å². The third-order valence-corrected chi connectivity index (χ3v) is 4.27. The van der Waals surface area contributed by atoms with Gasteiger partial charge in [0.1, 0.15) is 0 Å². The number of hydrogen-bond donors (Lipinski definition) is 0. The Kier molecular flexibility index (Phi) is 5.35. The van der Waals surface area contributed by atoms with Gasteiger partial charge in [0.2, 0.25) is 0 Å². The fourth-order valence-electron chi connectivity index (χ4n) is 1.13. The molecular formula is C12H14O2S2. The van der Waals surface area contributed by atoms with Crippen molar-refractivity contribution < 1.29 is 8.42 Å². The van der Waals surface area contributed by atoms with Crippen LogP contribution in [0.25, 0.3) is 0 Å². The lowest BCUT2D eigenvalue weighted by atomic mass is 10.4. The van der Waals surface area contributed by atoms with E-state index in [1.165, 1.54) is 0 Å². The van der Waals surface area contributed by atoms with Crippen molar-refractivity contribution in [1.29, 1.82) is 0 Å². The summed E-state index contributed by atoms with van der Waals surface area (Å²) in [5.74, 6) is 0. The molecule has 0 heterocycles. The van der Waals surface area contributed by atoms with Crippen LogP contribution in [0.1, 0.15) is 13.8 Å². The predicted molar refractivity (Wildman–Crippen MR) is 68.9 cm³/mol. The minimum Gasteiger partial charge on any atom is -0.250 e. The van der Waals surface area contributed by atoms with Crippen molar-refractivity contribution in [2.45, 2.75) is 23.6 Å². The van der Waals surface area contributed by atoms with Gasteiger partial charge in [-0.05, 0) is 32.0 Å². The highest BCUT2D eigenvalue weighted by Crippen LogP contribution is 2.14. The van der Waals surface area contributed by atoms with E-state index >= 15 is 0 Å². The first kappa shape index (κ1) is 13.1. The van der Waals surface area contributed by atoms with Crippen LogP contribution in [0.4, 0.5) is 0 Å². The van der Waals surface area contributed by atoms with Crippen molar-refractivity contribution >= 4 is 21.6 Å². The zero-order chi connectivity index (χ0) is 12.0. The molecule has 1 aromatic carbocycles. The average molecular weight is 254 g/mol. The molecule has 0 saturated heterocycles. The number of hydrogen-bond acceptors (Lipinski definition) is 2. The van der Waals surface area contributed by atoms with Crippen LogP contribution in [0.15, 0.2) is 57.0 Å². The molecule has 0 amide bonds. The van der Waals surface area contributed by atoms with E-state index in [0.29, 0.717) is 9.79 Å². The second-order valence-corrected chi connectivity index (χ2v) is 5.69. The Morgan fingerprint density at radius 1 is 0.938 bits per heavy atom. The van der Waals surface area contributed by atoms with Crippen LogP contribution in [0, 0.1) is 0 Å². The van der Waals surface area contributed by atoms with Crippen LogP contribution in [-0.2, 0) is 21.6 Å². The van der Waals surface area contributed by atoms with E-state index in [0.717, 1.165) is 0 Å². The Balaban J connectivity index is 3.04. The van der Waals surface area contributed by atoms with E-state index < -0.39 is 21.6 Å². The molecule has 0 aliphatic carbocycles. The molecule has 1 aromatic rings. The largest absolute Gasteiger partial charge is 0.250 e. The smallest absolute Gasteiger partial charge is 0.0773 e. The van der Waals surface area contributed by atoms with Crippen LogP contribution in [0.5, 0.6) is 0 Å². The number of benzene rings is 1. The highest BCUT2D eigenvalue weighted by Gasteiger charge is 2.04. The summed E-state index contributed by atoms with van der Waals surface area (Å²) in [5, 5.41) is 3.22. The predicted octanol–water partition coefficient (Wildman–Crippen LogP) is 2.97.